The maximum Gasteiger partial charge on any atom is 0.192 e. The summed E-state index contributed by atoms with van der Waals surface area (Å²) >= 11 is 0. The molecule has 1 aliphatic carbocycles. The molecule has 1 unspecified atom stereocenters. The predicted octanol–water partition coefficient (Wildman–Crippen LogP) is 1.11. The van der Waals surface area contributed by atoms with Gasteiger partial charge in [-0.25, -0.2) is 0 Å². The molecule has 1 aromatic rings. The van der Waals surface area contributed by atoms with Crippen molar-refractivity contribution in [3.05, 3.63) is 23.8 Å². The lowest BCUT2D eigenvalue weighted by Gasteiger charge is -2.37. The van der Waals surface area contributed by atoms with Gasteiger partial charge in [0.1, 0.15) is 11.5 Å². The van der Waals surface area contributed by atoms with E-state index in [1.54, 1.807) is 12.1 Å². The third-order valence-corrected chi connectivity index (χ3v) is 3.76. The fourth-order valence-corrected chi connectivity index (χ4v) is 2.70. The minimum atomic E-state index is -0.374. The van der Waals surface area contributed by atoms with Gasteiger partial charge >= 0.3 is 0 Å². The molecule has 0 amide bonds. The zero-order valence-electron chi connectivity index (χ0n) is 10.3. The number of hydrogen-bond acceptors (Lipinski definition) is 5. The lowest BCUT2D eigenvalue weighted by molar-refractivity contribution is 0.215. The first kappa shape index (κ1) is 11.2. The summed E-state index contributed by atoms with van der Waals surface area (Å²) in [6, 6.07) is 5.10. The molecule has 1 aromatic carbocycles. The van der Waals surface area contributed by atoms with Gasteiger partial charge in [0.2, 0.25) is 0 Å². The van der Waals surface area contributed by atoms with Crippen molar-refractivity contribution < 1.29 is 10.2 Å². The van der Waals surface area contributed by atoms with Crippen LogP contribution in [-0.4, -0.2) is 33.7 Å². The molecule has 2 aliphatic rings. The summed E-state index contributed by atoms with van der Waals surface area (Å²) in [6.07, 6.45) is 2.24. The van der Waals surface area contributed by atoms with E-state index < -0.39 is 0 Å². The van der Waals surface area contributed by atoms with E-state index in [0.717, 1.165) is 18.4 Å². The van der Waals surface area contributed by atoms with Crippen LogP contribution >= 0.6 is 0 Å². The maximum atomic E-state index is 9.63. The second kappa shape index (κ2) is 3.54. The van der Waals surface area contributed by atoms with Gasteiger partial charge in [-0.3, -0.25) is 4.99 Å². The van der Waals surface area contributed by atoms with Crippen LogP contribution in [-0.2, 0) is 5.54 Å². The average molecular weight is 247 g/mol. The summed E-state index contributed by atoms with van der Waals surface area (Å²) in [4.78, 5) is 6.44. The first-order chi connectivity index (χ1) is 8.50. The van der Waals surface area contributed by atoms with Gasteiger partial charge in [-0.05, 0) is 37.5 Å². The number of rotatable bonds is 2. The molecule has 4 N–H and O–H groups in total. The number of guanidine groups is 1. The molecule has 1 atom stereocenters. The van der Waals surface area contributed by atoms with Crippen molar-refractivity contribution in [2.24, 2.45) is 10.7 Å². The molecule has 1 fully saturated rings. The van der Waals surface area contributed by atoms with E-state index >= 15 is 0 Å². The van der Waals surface area contributed by atoms with Crippen LogP contribution in [0.5, 0.6) is 11.5 Å². The fourth-order valence-electron chi connectivity index (χ4n) is 2.70. The molecular weight excluding hydrogens is 230 g/mol. The van der Waals surface area contributed by atoms with E-state index in [2.05, 4.69) is 9.89 Å². The molecule has 1 heterocycles. The summed E-state index contributed by atoms with van der Waals surface area (Å²) in [5.41, 5.74) is 6.43. The largest absolute Gasteiger partial charge is 0.508 e. The number of hydrogen-bond donors (Lipinski definition) is 3. The molecule has 0 spiro atoms. The van der Waals surface area contributed by atoms with Crippen molar-refractivity contribution in [1.82, 2.24) is 4.90 Å². The summed E-state index contributed by atoms with van der Waals surface area (Å²) in [6.45, 7) is 2.60. The predicted molar refractivity (Wildman–Crippen MR) is 68.5 cm³/mol. The number of benzene rings is 1. The smallest absolute Gasteiger partial charge is 0.192 e. The summed E-state index contributed by atoms with van der Waals surface area (Å²) in [7, 11) is 0. The van der Waals surface area contributed by atoms with Gasteiger partial charge < -0.3 is 20.8 Å². The number of aromatic hydroxyl groups is 2. The van der Waals surface area contributed by atoms with Gasteiger partial charge in [0.15, 0.2) is 5.96 Å². The number of phenolic OH excluding ortho intramolecular Hbond substituents is 2. The van der Waals surface area contributed by atoms with E-state index in [1.807, 2.05) is 6.92 Å². The highest BCUT2D eigenvalue weighted by atomic mass is 16.3. The third-order valence-electron chi connectivity index (χ3n) is 3.76. The Balaban J connectivity index is 2.03. The minimum Gasteiger partial charge on any atom is -0.508 e. The summed E-state index contributed by atoms with van der Waals surface area (Å²) in [5.74, 6) is 0.683. The zero-order chi connectivity index (χ0) is 12.9. The summed E-state index contributed by atoms with van der Waals surface area (Å²) < 4.78 is 0. The fraction of sp³-hybridized carbons (Fsp3) is 0.462. The number of nitrogens with two attached hydrogens (primary N) is 1. The Labute approximate surface area is 106 Å². The van der Waals surface area contributed by atoms with E-state index in [1.165, 1.54) is 6.07 Å². The first-order valence-corrected chi connectivity index (χ1v) is 6.13. The maximum absolute atomic E-state index is 9.63. The van der Waals surface area contributed by atoms with Crippen molar-refractivity contribution in [1.29, 1.82) is 0 Å². The highest BCUT2D eigenvalue weighted by Crippen LogP contribution is 2.42. The van der Waals surface area contributed by atoms with E-state index in [-0.39, 0.29) is 17.0 Å². The van der Waals surface area contributed by atoms with E-state index in [9.17, 15) is 10.2 Å². The normalized spacial score (nSPS) is 27.4. The Kier molecular flexibility index (Phi) is 2.20. The monoisotopic (exact) mass is 247 g/mol. The van der Waals surface area contributed by atoms with Crippen LogP contribution in [0.15, 0.2) is 23.2 Å². The van der Waals surface area contributed by atoms with E-state index in [0.29, 0.717) is 18.5 Å². The lowest BCUT2D eigenvalue weighted by atomic mass is 9.90. The standard InChI is InChI=1S/C13H17N3O2/c1-13(8-4-10(17)6-11(18)5-8)7-15-12(14)16(13)9-2-3-9/h4-6,9,17-18H,2-3,7H2,1H3,(H2,14,15). The second-order valence-corrected chi connectivity index (χ2v) is 5.29. The molecule has 0 saturated heterocycles. The van der Waals surface area contributed by atoms with Gasteiger partial charge in [-0.1, -0.05) is 0 Å². The highest BCUT2D eigenvalue weighted by molar-refractivity contribution is 5.82. The molecular formula is C13H17N3O2. The summed E-state index contributed by atoms with van der Waals surface area (Å²) in [5, 5.41) is 19.3. The Morgan fingerprint density at radius 1 is 1.28 bits per heavy atom. The van der Waals surface area contributed by atoms with Crippen LogP contribution in [0.25, 0.3) is 0 Å². The zero-order valence-corrected chi connectivity index (χ0v) is 10.3. The first-order valence-electron chi connectivity index (χ1n) is 6.13. The number of aliphatic imine (C=N–C) groups is 1. The molecule has 1 saturated carbocycles. The molecule has 18 heavy (non-hydrogen) atoms. The van der Waals surface area contributed by atoms with Crippen LogP contribution in [0.4, 0.5) is 0 Å². The van der Waals surface area contributed by atoms with Gasteiger partial charge in [0, 0.05) is 12.1 Å². The average Bonchev–Trinajstić information content (AvgIpc) is 3.05. The molecule has 0 bridgehead atoms. The van der Waals surface area contributed by atoms with Crippen molar-refractivity contribution in [2.75, 3.05) is 6.54 Å². The topological polar surface area (TPSA) is 82.1 Å². The van der Waals surface area contributed by atoms with E-state index in [4.69, 9.17) is 5.73 Å². The molecule has 3 rings (SSSR count). The molecule has 5 nitrogen and oxygen atoms in total. The Morgan fingerprint density at radius 2 is 1.89 bits per heavy atom. The third kappa shape index (κ3) is 1.58. The van der Waals surface area contributed by atoms with Crippen molar-refractivity contribution in [2.45, 2.75) is 31.3 Å². The van der Waals surface area contributed by atoms with Crippen molar-refractivity contribution >= 4 is 5.96 Å². The van der Waals surface area contributed by atoms with Gasteiger partial charge in [-0.15, -0.1) is 0 Å². The van der Waals surface area contributed by atoms with Crippen LogP contribution in [0, 0.1) is 0 Å². The highest BCUT2D eigenvalue weighted by Gasteiger charge is 2.47. The van der Waals surface area contributed by atoms with Crippen molar-refractivity contribution in [3.8, 4) is 11.5 Å². The van der Waals surface area contributed by atoms with Gasteiger partial charge in [-0.2, -0.15) is 0 Å². The molecule has 96 valence electrons. The van der Waals surface area contributed by atoms with Crippen molar-refractivity contribution in [3.63, 3.8) is 0 Å². The Morgan fingerprint density at radius 3 is 2.44 bits per heavy atom. The van der Waals surface area contributed by atoms with Gasteiger partial charge in [0.05, 0.1) is 12.1 Å². The van der Waals surface area contributed by atoms with Crippen LogP contribution in [0.3, 0.4) is 0 Å². The second-order valence-electron chi connectivity index (χ2n) is 5.29. The SMILES string of the molecule is CC1(c2cc(O)cc(O)c2)CN=C(N)N1C1CC1. The van der Waals surface area contributed by atoms with Gasteiger partial charge in [0.25, 0.3) is 0 Å². The molecule has 1 aliphatic heterocycles. The van der Waals surface area contributed by atoms with Crippen LogP contribution in [0.1, 0.15) is 25.3 Å². The minimum absolute atomic E-state index is 0.0624. The molecule has 5 heteroatoms. The number of nitrogens with zero attached hydrogens (tertiary/aromatic N) is 2. The van der Waals surface area contributed by atoms with Crippen LogP contribution in [0.2, 0.25) is 0 Å². The molecule has 0 radical (unpaired) electrons. The lowest BCUT2D eigenvalue weighted by Crippen LogP contribution is -2.48. The quantitative estimate of drug-likeness (QED) is 0.731. The molecule has 0 aromatic heterocycles. The Bertz CT molecular complexity index is 505. The Hall–Kier alpha value is -1.91. The van der Waals surface area contributed by atoms with Crippen LogP contribution < -0.4 is 5.73 Å². The number of phenols is 2.